The minimum absolute atomic E-state index is 0.0890. The van der Waals surface area contributed by atoms with E-state index in [1.807, 2.05) is 35.2 Å². The van der Waals surface area contributed by atoms with Gasteiger partial charge in [-0.25, -0.2) is 0 Å². The minimum atomic E-state index is -0.534. The van der Waals surface area contributed by atoms with Gasteiger partial charge in [-0.1, -0.05) is 23.7 Å². The molecule has 0 aliphatic carbocycles. The first kappa shape index (κ1) is 18.8. The Morgan fingerprint density at radius 2 is 1.82 bits per heavy atom. The molecule has 28 heavy (non-hydrogen) atoms. The van der Waals surface area contributed by atoms with Crippen LogP contribution in [-0.4, -0.2) is 35.9 Å². The van der Waals surface area contributed by atoms with Crippen LogP contribution in [0.15, 0.2) is 42.5 Å². The van der Waals surface area contributed by atoms with Crippen molar-refractivity contribution in [1.29, 1.82) is 0 Å². The Kier molecular flexibility index (Phi) is 5.53. The number of carbonyl (C=O) groups is 2. The average Bonchev–Trinajstić information content (AvgIpc) is 3.16. The van der Waals surface area contributed by atoms with E-state index in [-0.39, 0.29) is 11.8 Å². The van der Waals surface area contributed by atoms with Gasteiger partial charge in [-0.3, -0.25) is 9.59 Å². The van der Waals surface area contributed by atoms with E-state index in [0.29, 0.717) is 29.3 Å². The van der Waals surface area contributed by atoms with Crippen LogP contribution in [0.1, 0.15) is 40.7 Å². The molecule has 0 spiro atoms. The van der Waals surface area contributed by atoms with Crippen molar-refractivity contribution in [3.63, 3.8) is 0 Å². The number of rotatable bonds is 4. The molecule has 1 N–H and O–H groups in total. The van der Waals surface area contributed by atoms with Gasteiger partial charge in [-0.05, 0) is 60.7 Å². The predicted octanol–water partition coefficient (Wildman–Crippen LogP) is 3.59. The van der Waals surface area contributed by atoms with Crippen LogP contribution in [0.2, 0.25) is 5.02 Å². The quantitative estimate of drug-likeness (QED) is 0.856. The van der Waals surface area contributed by atoms with Gasteiger partial charge in [0.2, 0.25) is 0 Å². The number of ether oxygens (including phenoxy) is 1. The molecule has 0 unspecified atom stereocenters. The first-order valence-corrected chi connectivity index (χ1v) is 10.1. The van der Waals surface area contributed by atoms with Crippen LogP contribution in [0.4, 0.5) is 0 Å². The molecule has 2 heterocycles. The average molecular weight is 399 g/mol. The van der Waals surface area contributed by atoms with Gasteiger partial charge in [0.15, 0.2) is 6.10 Å². The highest BCUT2D eigenvalue weighted by Gasteiger charge is 2.29. The van der Waals surface area contributed by atoms with Crippen molar-refractivity contribution < 1.29 is 14.3 Å². The smallest absolute Gasteiger partial charge is 0.261 e. The molecular weight excluding hydrogens is 376 g/mol. The zero-order chi connectivity index (χ0) is 19.5. The molecule has 2 aromatic rings. The maximum Gasteiger partial charge on any atom is 0.261 e. The van der Waals surface area contributed by atoms with Gasteiger partial charge in [0.05, 0.1) is 0 Å². The maximum atomic E-state index is 12.5. The lowest BCUT2D eigenvalue weighted by Gasteiger charge is -2.26. The standard InChI is InChI=1S/C22H23ClN2O3/c23-18-8-9-19-17(12-18)13-20(28-19)21(26)24-14-15-4-6-16(7-5-15)22(27)25-10-2-1-3-11-25/h4-9,12,20H,1-3,10-11,13-14H2,(H,24,26)/t20-/m0/s1. The first-order chi connectivity index (χ1) is 13.6. The van der Waals surface area contributed by atoms with Gasteiger partial charge in [0.1, 0.15) is 5.75 Å². The van der Waals surface area contributed by atoms with Gasteiger partial charge in [0, 0.05) is 36.6 Å². The molecule has 2 aromatic carbocycles. The topological polar surface area (TPSA) is 58.6 Å². The van der Waals surface area contributed by atoms with Gasteiger partial charge < -0.3 is 15.0 Å². The van der Waals surface area contributed by atoms with Gasteiger partial charge >= 0.3 is 0 Å². The van der Waals surface area contributed by atoms with Gasteiger partial charge in [-0.15, -0.1) is 0 Å². The normalized spacial score (nSPS) is 18.3. The zero-order valence-electron chi connectivity index (χ0n) is 15.6. The molecule has 0 radical (unpaired) electrons. The molecule has 0 aromatic heterocycles. The second-order valence-electron chi connectivity index (χ2n) is 7.33. The third kappa shape index (κ3) is 4.14. The zero-order valence-corrected chi connectivity index (χ0v) is 16.4. The number of halogens is 1. The van der Waals surface area contributed by atoms with Crippen molar-refractivity contribution in [1.82, 2.24) is 10.2 Å². The number of carbonyl (C=O) groups excluding carboxylic acids is 2. The summed E-state index contributed by atoms with van der Waals surface area (Å²) < 4.78 is 5.71. The lowest BCUT2D eigenvalue weighted by molar-refractivity contribution is -0.127. The number of piperidine rings is 1. The highest BCUT2D eigenvalue weighted by atomic mass is 35.5. The summed E-state index contributed by atoms with van der Waals surface area (Å²) in [6, 6.07) is 12.8. The Morgan fingerprint density at radius 1 is 1.07 bits per heavy atom. The first-order valence-electron chi connectivity index (χ1n) is 9.71. The van der Waals surface area contributed by atoms with Crippen molar-refractivity contribution in [2.24, 2.45) is 0 Å². The second kappa shape index (κ2) is 8.23. The van der Waals surface area contributed by atoms with Crippen molar-refractivity contribution in [3.05, 3.63) is 64.2 Å². The molecule has 0 saturated carbocycles. The highest BCUT2D eigenvalue weighted by Crippen LogP contribution is 2.31. The molecule has 1 atom stereocenters. The molecule has 0 bridgehead atoms. The molecule has 6 heteroatoms. The molecule has 2 aliphatic heterocycles. The van der Waals surface area contributed by atoms with E-state index < -0.39 is 6.10 Å². The largest absolute Gasteiger partial charge is 0.480 e. The molecule has 1 saturated heterocycles. The van der Waals surface area contributed by atoms with E-state index in [4.69, 9.17) is 16.3 Å². The Labute approximate surface area is 169 Å². The summed E-state index contributed by atoms with van der Waals surface area (Å²) in [5, 5.41) is 3.55. The minimum Gasteiger partial charge on any atom is -0.480 e. The Balaban J connectivity index is 1.30. The van der Waals surface area contributed by atoms with Gasteiger partial charge in [-0.2, -0.15) is 0 Å². The maximum absolute atomic E-state index is 12.5. The molecule has 4 rings (SSSR count). The van der Waals surface area contributed by atoms with E-state index in [0.717, 1.165) is 37.1 Å². The summed E-state index contributed by atoms with van der Waals surface area (Å²) in [4.78, 5) is 26.9. The summed E-state index contributed by atoms with van der Waals surface area (Å²) in [6.45, 7) is 2.07. The molecule has 146 valence electrons. The van der Waals surface area contributed by atoms with Crippen LogP contribution in [-0.2, 0) is 17.8 Å². The van der Waals surface area contributed by atoms with E-state index >= 15 is 0 Å². The van der Waals surface area contributed by atoms with Crippen molar-refractivity contribution in [2.45, 2.75) is 38.3 Å². The third-order valence-electron chi connectivity index (χ3n) is 5.30. The van der Waals surface area contributed by atoms with E-state index in [1.165, 1.54) is 6.42 Å². The lowest BCUT2D eigenvalue weighted by atomic mass is 10.1. The lowest BCUT2D eigenvalue weighted by Crippen LogP contribution is -2.37. The molecule has 5 nitrogen and oxygen atoms in total. The summed E-state index contributed by atoms with van der Waals surface area (Å²) >= 11 is 5.99. The monoisotopic (exact) mass is 398 g/mol. The summed E-state index contributed by atoms with van der Waals surface area (Å²) in [6.07, 6.45) is 3.34. The third-order valence-corrected chi connectivity index (χ3v) is 5.54. The van der Waals surface area contributed by atoms with Crippen LogP contribution >= 0.6 is 11.6 Å². The number of likely N-dealkylation sites (tertiary alicyclic amines) is 1. The number of hydrogen-bond donors (Lipinski definition) is 1. The SMILES string of the molecule is O=C(NCc1ccc(C(=O)N2CCCCC2)cc1)[C@@H]1Cc2cc(Cl)ccc2O1. The fourth-order valence-electron chi connectivity index (χ4n) is 3.71. The number of benzene rings is 2. The number of nitrogens with zero attached hydrogens (tertiary/aromatic N) is 1. The van der Waals surface area contributed by atoms with Crippen molar-refractivity contribution >= 4 is 23.4 Å². The molecule has 1 fully saturated rings. The number of hydrogen-bond acceptors (Lipinski definition) is 3. The van der Waals surface area contributed by atoms with Crippen LogP contribution < -0.4 is 10.1 Å². The molecule has 2 amide bonds. The van der Waals surface area contributed by atoms with Crippen LogP contribution in [0.3, 0.4) is 0 Å². The summed E-state index contributed by atoms with van der Waals surface area (Å²) in [5.74, 6) is 0.650. The number of fused-ring (bicyclic) bond motifs is 1. The second-order valence-corrected chi connectivity index (χ2v) is 7.77. The Hall–Kier alpha value is -2.53. The predicted molar refractivity (Wildman–Crippen MR) is 108 cm³/mol. The van der Waals surface area contributed by atoms with Crippen molar-refractivity contribution in [2.75, 3.05) is 13.1 Å². The Bertz CT molecular complexity index is 876. The fraction of sp³-hybridized carbons (Fsp3) is 0.364. The molecular formula is C22H23ClN2O3. The Morgan fingerprint density at radius 3 is 2.57 bits per heavy atom. The number of nitrogens with one attached hydrogen (secondary N) is 1. The van der Waals surface area contributed by atoms with E-state index in [1.54, 1.807) is 12.1 Å². The fourth-order valence-corrected chi connectivity index (χ4v) is 3.91. The summed E-state index contributed by atoms with van der Waals surface area (Å²) in [7, 11) is 0. The number of amides is 2. The van der Waals surface area contributed by atoms with Crippen molar-refractivity contribution in [3.8, 4) is 5.75 Å². The van der Waals surface area contributed by atoms with Crippen LogP contribution in [0.5, 0.6) is 5.75 Å². The summed E-state index contributed by atoms with van der Waals surface area (Å²) in [5.41, 5.74) is 2.60. The van der Waals surface area contributed by atoms with Gasteiger partial charge in [0.25, 0.3) is 11.8 Å². The van der Waals surface area contributed by atoms with E-state index in [2.05, 4.69) is 5.32 Å². The van der Waals surface area contributed by atoms with E-state index in [9.17, 15) is 9.59 Å². The highest BCUT2D eigenvalue weighted by molar-refractivity contribution is 6.30. The van der Waals surface area contributed by atoms with Crippen LogP contribution in [0.25, 0.3) is 0 Å². The molecule has 2 aliphatic rings. The van der Waals surface area contributed by atoms with Crippen LogP contribution in [0, 0.1) is 0 Å².